The molecule has 18 heavy (non-hydrogen) atoms. The molecule has 1 atom stereocenters. The Bertz CT molecular complexity index is 353. The average molecular weight is 252 g/mol. The Hall–Kier alpha value is -1.13. The van der Waals surface area contributed by atoms with Crippen LogP contribution in [-0.4, -0.2) is 36.9 Å². The number of aliphatic hydroxyl groups excluding tert-OH is 1. The highest BCUT2D eigenvalue weighted by Gasteiger charge is 2.11. The first-order valence-electron chi connectivity index (χ1n) is 6.42. The van der Waals surface area contributed by atoms with Crippen molar-refractivity contribution in [2.24, 2.45) is 5.92 Å². The van der Waals surface area contributed by atoms with Crippen molar-refractivity contribution in [1.82, 2.24) is 4.98 Å². The van der Waals surface area contributed by atoms with Crippen molar-refractivity contribution in [1.29, 1.82) is 0 Å². The minimum Gasteiger partial charge on any atom is -0.389 e. The molecule has 1 aromatic rings. The number of hydrogen-bond donors (Lipinski definition) is 1. The van der Waals surface area contributed by atoms with E-state index in [4.69, 9.17) is 4.74 Å². The molecule has 0 amide bonds. The van der Waals surface area contributed by atoms with Crippen LogP contribution in [-0.2, 0) is 4.74 Å². The second kappa shape index (κ2) is 7.34. The number of aromatic nitrogens is 1. The molecule has 1 aromatic heterocycles. The molecule has 1 rings (SSSR count). The predicted molar refractivity (Wildman–Crippen MR) is 73.8 cm³/mol. The first-order valence-corrected chi connectivity index (χ1v) is 6.42. The van der Waals surface area contributed by atoms with E-state index in [1.807, 2.05) is 12.1 Å². The fourth-order valence-corrected chi connectivity index (χ4v) is 1.81. The van der Waals surface area contributed by atoms with Crippen molar-refractivity contribution >= 4 is 5.82 Å². The SMILES string of the molecule is COCCN(CC(C)C)c1cc(C(C)O)ccn1. The summed E-state index contributed by atoms with van der Waals surface area (Å²) in [6, 6.07) is 3.79. The third kappa shape index (κ3) is 4.63. The number of nitrogens with zero attached hydrogens (tertiary/aromatic N) is 2. The highest BCUT2D eigenvalue weighted by atomic mass is 16.5. The van der Waals surface area contributed by atoms with Gasteiger partial charge >= 0.3 is 0 Å². The second-order valence-electron chi connectivity index (χ2n) is 4.96. The Balaban J connectivity index is 2.85. The zero-order valence-electron chi connectivity index (χ0n) is 11.8. The normalized spacial score (nSPS) is 12.8. The molecule has 1 heterocycles. The molecule has 0 saturated carbocycles. The van der Waals surface area contributed by atoms with E-state index in [0.717, 1.165) is 24.5 Å². The number of pyridine rings is 1. The van der Waals surface area contributed by atoms with E-state index in [-0.39, 0.29) is 0 Å². The Morgan fingerprint density at radius 1 is 1.39 bits per heavy atom. The van der Waals surface area contributed by atoms with Gasteiger partial charge in [-0.05, 0) is 30.5 Å². The van der Waals surface area contributed by atoms with Gasteiger partial charge in [-0.25, -0.2) is 4.98 Å². The van der Waals surface area contributed by atoms with Crippen LogP contribution in [0.25, 0.3) is 0 Å². The maximum atomic E-state index is 9.62. The maximum Gasteiger partial charge on any atom is 0.128 e. The number of anilines is 1. The zero-order valence-corrected chi connectivity index (χ0v) is 11.8. The van der Waals surface area contributed by atoms with E-state index < -0.39 is 6.10 Å². The van der Waals surface area contributed by atoms with Crippen LogP contribution in [0.3, 0.4) is 0 Å². The van der Waals surface area contributed by atoms with Gasteiger partial charge in [0.25, 0.3) is 0 Å². The van der Waals surface area contributed by atoms with Crippen LogP contribution < -0.4 is 4.90 Å². The summed E-state index contributed by atoms with van der Waals surface area (Å²) in [5.74, 6) is 1.46. The van der Waals surface area contributed by atoms with Gasteiger partial charge in [-0.1, -0.05) is 13.8 Å². The highest BCUT2D eigenvalue weighted by molar-refractivity contribution is 5.41. The van der Waals surface area contributed by atoms with Crippen LogP contribution in [0.4, 0.5) is 5.82 Å². The van der Waals surface area contributed by atoms with Gasteiger partial charge in [-0.15, -0.1) is 0 Å². The molecule has 4 heteroatoms. The van der Waals surface area contributed by atoms with Gasteiger partial charge in [-0.2, -0.15) is 0 Å². The number of rotatable bonds is 7. The van der Waals surface area contributed by atoms with Crippen LogP contribution >= 0.6 is 0 Å². The molecule has 1 unspecified atom stereocenters. The van der Waals surface area contributed by atoms with Crippen LogP contribution in [0.2, 0.25) is 0 Å². The Kier molecular flexibility index (Phi) is 6.09. The smallest absolute Gasteiger partial charge is 0.128 e. The first kappa shape index (κ1) is 14.9. The fraction of sp³-hybridized carbons (Fsp3) is 0.643. The lowest BCUT2D eigenvalue weighted by atomic mass is 10.1. The predicted octanol–water partition coefficient (Wildman–Crippen LogP) is 2.24. The van der Waals surface area contributed by atoms with Crippen molar-refractivity contribution in [3.8, 4) is 0 Å². The molecular formula is C14H24N2O2. The van der Waals surface area contributed by atoms with E-state index in [1.54, 1.807) is 20.2 Å². The molecule has 0 spiro atoms. The Morgan fingerprint density at radius 2 is 2.11 bits per heavy atom. The van der Waals surface area contributed by atoms with Crippen molar-refractivity contribution in [2.45, 2.75) is 26.9 Å². The summed E-state index contributed by atoms with van der Waals surface area (Å²) < 4.78 is 5.13. The monoisotopic (exact) mass is 252 g/mol. The van der Waals surface area contributed by atoms with Gasteiger partial charge in [0, 0.05) is 26.4 Å². The molecule has 1 N–H and O–H groups in total. The van der Waals surface area contributed by atoms with E-state index in [9.17, 15) is 5.11 Å². The molecule has 4 nitrogen and oxygen atoms in total. The summed E-state index contributed by atoms with van der Waals surface area (Å²) in [4.78, 5) is 6.58. The van der Waals surface area contributed by atoms with Gasteiger partial charge in [0.2, 0.25) is 0 Å². The first-order chi connectivity index (χ1) is 8.54. The van der Waals surface area contributed by atoms with E-state index in [0.29, 0.717) is 12.5 Å². The van der Waals surface area contributed by atoms with Crippen LogP contribution in [0.15, 0.2) is 18.3 Å². The van der Waals surface area contributed by atoms with Gasteiger partial charge in [0.05, 0.1) is 12.7 Å². The minimum atomic E-state index is -0.463. The molecule has 0 radical (unpaired) electrons. The largest absolute Gasteiger partial charge is 0.389 e. The Labute approximate surface area is 110 Å². The number of aliphatic hydroxyl groups is 1. The lowest BCUT2D eigenvalue weighted by Gasteiger charge is -2.26. The third-order valence-corrected chi connectivity index (χ3v) is 2.73. The van der Waals surface area contributed by atoms with Crippen molar-refractivity contribution < 1.29 is 9.84 Å². The molecule has 0 bridgehead atoms. The number of ether oxygens (including phenoxy) is 1. The summed E-state index contributed by atoms with van der Waals surface area (Å²) in [5.41, 5.74) is 0.895. The Morgan fingerprint density at radius 3 is 2.67 bits per heavy atom. The lowest BCUT2D eigenvalue weighted by Crippen LogP contribution is -2.31. The molecule has 0 aliphatic heterocycles. The number of hydrogen-bond acceptors (Lipinski definition) is 4. The minimum absolute atomic E-state index is 0.463. The average Bonchev–Trinajstić information content (AvgIpc) is 2.34. The fourth-order valence-electron chi connectivity index (χ4n) is 1.81. The van der Waals surface area contributed by atoms with Crippen LogP contribution in [0, 0.1) is 5.92 Å². The molecular weight excluding hydrogens is 228 g/mol. The van der Waals surface area contributed by atoms with Crippen LogP contribution in [0.5, 0.6) is 0 Å². The van der Waals surface area contributed by atoms with E-state index >= 15 is 0 Å². The van der Waals surface area contributed by atoms with Gasteiger partial charge in [0.15, 0.2) is 0 Å². The molecule has 0 fully saturated rings. The highest BCUT2D eigenvalue weighted by Crippen LogP contribution is 2.18. The maximum absolute atomic E-state index is 9.62. The van der Waals surface area contributed by atoms with Crippen molar-refractivity contribution in [3.05, 3.63) is 23.9 Å². The summed E-state index contributed by atoms with van der Waals surface area (Å²) >= 11 is 0. The summed E-state index contributed by atoms with van der Waals surface area (Å²) in [7, 11) is 1.70. The third-order valence-electron chi connectivity index (χ3n) is 2.73. The van der Waals surface area contributed by atoms with E-state index in [1.165, 1.54) is 0 Å². The quantitative estimate of drug-likeness (QED) is 0.808. The van der Waals surface area contributed by atoms with Crippen molar-refractivity contribution in [3.63, 3.8) is 0 Å². The van der Waals surface area contributed by atoms with E-state index in [2.05, 4.69) is 23.7 Å². The molecule has 0 saturated heterocycles. The molecule has 102 valence electrons. The van der Waals surface area contributed by atoms with Gasteiger partial charge in [0.1, 0.15) is 5.82 Å². The lowest BCUT2D eigenvalue weighted by molar-refractivity contribution is 0.199. The number of methoxy groups -OCH3 is 1. The van der Waals surface area contributed by atoms with Crippen molar-refractivity contribution in [2.75, 3.05) is 31.7 Å². The topological polar surface area (TPSA) is 45.6 Å². The molecule has 0 aromatic carbocycles. The van der Waals surface area contributed by atoms with Gasteiger partial charge < -0.3 is 14.7 Å². The summed E-state index contributed by atoms with van der Waals surface area (Å²) in [6.07, 6.45) is 1.28. The standard InChI is InChI=1S/C14H24N2O2/c1-11(2)10-16(7-8-18-4)14-9-13(12(3)17)5-6-15-14/h5-6,9,11-12,17H,7-8,10H2,1-4H3. The molecule has 0 aliphatic rings. The summed E-state index contributed by atoms with van der Waals surface area (Å²) in [6.45, 7) is 8.54. The second-order valence-corrected chi connectivity index (χ2v) is 4.96. The van der Waals surface area contributed by atoms with Crippen LogP contribution in [0.1, 0.15) is 32.4 Å². The summed E-state index contributed by atoms with van der Waals surface area (Å²) in [5, 5.41) is 9.62. The molecule has 0 aliphatic carbocycles. The van der Waals surface area contributed by atoms with Gasteiger partial charge in [-0.3, -0.25) is 0 Å². The zero-order chi connectivity index (χ0) is 13.5.